The second-order valence-corrected chi connectivity index (χ2v) is 5.07. The fourth-order valence-corrected chi connectivity index (χ4v) is 2.27. The van der Waals surface area contributed by atoms with Crippen molar-refractivity contribution in [1.29, 1.82) is 0 Å². The maximum absolute atomic E-state index is 12.1. The molecule has 1 aliphatic heterocycles. The first-order valence-corrected chi connectivity index (χ1v) is 7.29. The van der Waals surface area contributed by atoms with Gasteiger partial charge in [0, 0.05) is 19.2 Å². The summed E-state index contributed by atoms with van der Waals surface area (Å²) in [5.41, 5.74) is 0.329. The highest BCUT2D eigenvalue weighted by Crippen LogP contribution is 2.11. The summed E-state index contributed by atoms with van der Waals surface area (Å²) in [6, 6.07) is 5.30. The third-order valence-electron chi connectivity index (χ3n) is 3.44. The van der Waals surface area contributed by atoms with E-state index in [-0.39, 0.29) is 12.0 Å². The molecular weight excluding hydrogens is 284 g/mol. The van der Waals surface area contributed by atoms with E-state index in [1.165, 1.54) is 6.33 Å². The molecule has 2 N–H and O–H groups in total. The van der Waals surface area contributed by atoms with Crippen molar-refractivity contribution >= 4 is 11.7 Å². The maximum Gasteiger partial charge on any atom is 0.270 e. The monoisotopic (exact) mass is 302 g/mol. The Morgan fingerprint density at radius 2 is 2.36 bits per heavy atom. The van der Waals surface area contributed by atoms with Crippen LogP contribution >= 0.6 is 0 Å². The molecule has 1 saturated heterocycles. The van der Waals surface area contributed by atoms with E-state index in [1.54, 1.807) is 12.3 Å². The largest absolute Gasteiger partial charge is 0.467 e. The van der Waals surface area contributed by atoms with Crippen LogP contribution in [-0.4, -0.2) is 35.1 Å². The summed E-state index contributed by atoms with van der Waals surface area (Å²) >= 11 is 0. The van der Waals surface area contributed by atoms with Crippen molar-refractivity contribution in [2.24, 2.45) is 0 Å². The fourth-order valence-electron chi connectivity index (χ4n) is 2.27. The number of hydrogen-bond donors (Lipinski definition) is 2. The van der Waals surface area contributed by atoms with Crippen LogP contribution in [0.15, 0.2) is 35.2 Å². The molecule has 0 aromatic carbocycles. The van der Waals surface area contributed by atoms with Crippen molar-refractivity contribution in [3.63, 3.8) is 0 Å². The Morgan fingerprint density at radius 3 is 3.14 bits per heavy atom. The van der Waals surface area contributed by atoms with Gasteiger partial charge in [-0.3, -0.25) is 4.79 Å². The van der Waals surface area contributed by atoms with Gasteiger partial charge < -0.3 is 19.8 Å². The molecule has 1 amide bonds. The molecule has 2 aromatic rings. The van der Waals surface area contributed by atoms with Crippen LogP contribution in [0.4, 0.5) is 5.82 Å². The van der Waals surface area contributed by atoms with Crippen LogP contribution in [0, 0.1) is 0 Å². The summed E-state index contributed by atoms with van der Waals surface area (Å²) in [7, 11) is 0. The third-order valence-corrected chi connectivity index (χ3v) is 3.44. The maximum atomic E-state index is 12.1. The number of nitrogens with one attached hydrogen (secondary N) is 2. The van der Waals surface area contributed by atoms with E-state index in [9.17, 15) is 4.79 Å². The lowest BCUT2D eigenvalue weighted by Crippen LogP contribution is -2.32. The van der Waals surface area contributed by atoms with Gasteiger partial charge in [0.05, 0.1) is 18.9 Å². The number of anilines is 1. The molecule has 0 aliphatic carbocycles. The number of hydrogen-bond acceptors (Lipinski definition) is 6. The predicted molar refractivity (Wildman–Crippen MR) is 79.4 cm³/mol. The Morgan fingerprint density at radius 1 is 1.41 bits per heavy atom. The number of nitrogens with zero attached hydrogens (tertiary/aromatic N) is 2. The molecule has 2 aromatic heterocycles. The van der Waals surface area contributed by atoms with Crippen LogP contribution in [-0.2, 0) is 11.3 Å². The van der Waals surface area contributed by atoms with Crippen molar-refractivity contribution < 1.29 is 13.9 Å². The Hall–Kier alpha value is -2.41. The predicted octanol–water partition coefficient (Wildman–Crippen LogP) is 1.59. The van der Waals surface area contributed by atoms with Crippen molar-refractivity contribution in [3.8, 4) is 0 Å². The molecular formula is C15H18N4O3. The average Bonchev–Trinajstić information content (AvgIpc) is 3.24. The second-order valence-electron chi connectivity index (χ2n) is 5.07. The molecule has 7 heteroatoms. The van der Waals surface area contributed by atoms with Crippen molar-refractivity contribution in [2.75, 3.05) is 18.5 Å². The van der Waals surface area contributed by atoms with Gasteiger partial charge in [0.1, 0.15) is 23.6 Å². The summed E-state index contributed by atoms with van der Waals surface area (Å²) < 4.78 is 10.7. The quantitative estimate of drug-likeness (QED) is 0.842. The number of aromatic nitrogens is 2. The van der Waals surface area contributed by atoms with Gasteiger partial charge >= 0.3 is 0 Å². The highest BCUT2D eigenvalue weighted by Gasteiger charge is 2.17. The van der Waals surface area contributed by atoms with E-state index in [2.05, 4.69) is 20.6 Å². The van der Waals surface area contributed by atoms with Crippen LogP contribution in [0.2, 0.25) is 0 Å². The molecule has 1 aliphatic rings. The standard InChI is InChI=1S/C15H18N4O3/c20-15(17-9-12-4-2-6-22-12)13-7-14(19-10-18-13)16-8-11-3-1-5-21-11/h1,3,5,7,10,12H,2,4,6,8-9H2,(H,17,20)(H,16,18,19). The molecule has 3 heterocycles. The van der Waals surface area contributed by atoms with Gasteiger partial charge in [-0.1, -0.05) is 0 Å². The fraction of sp³-hybridized carbons (Fsp3) is 0.400. The Balaban J connectivity index is 1.54. The normalized spacial score (nSPS) is 17.4. The van der Waals surface area contributed by atoms with Gasteiger partial charge in [-0.25, -0.2) is 9.97 Å². The van der Waals surface area contributed by atoms with E-state index >= 15 is 0 Å². The molecule has 22 heavy (non-hydrogen) atoms. The van der Waals surface area contributed by atoms with Gasteiger partial charge in [0.2, 0.25) is 0 Å². The van der Waals surface area contributed by atoms with Gasteiger partial charge in [-0.2, -0.15) is 0 Å². The summed E-state index contributed by atoms with van der Waals surface area (Å²) in [5, 5.41) is 5.93. The molecule has 0 saturated carbocycles. The first kappa shape index (κ1) is 14.5. The summed E-state index contributed by atoms with van der Waals surface area (Å²) in [6.45, 7) is 1.79. The van der Waals surface area contributed by atoms with E-state index in [1.807, 2.05) is 12.1 Å². The van der Waals surface area contributed by atoms with Gasteiger partial charge in [-0.15, -0.1) is 0 Å². The van der Waals surface area contributed by atoms with Crippen molar-refractivity contribution in [1.82, 2.24) is 15.3 Å². The van der Waals surface area contributed by atoms with Gasteiger partial charge in [0.15, 0.2) is 0 Å². The van der Waals surface area contributed by atoms with Crippen LogP contribution in [0.5, 0.6) is 0 Å². The summed E-state index contributed by atoms with van der Waals surface area (Å²) in [6.07, 6.45) is 5.13. The minimum atomic E-state index is -0.223. The topological polar surface area (TPSA) is 89.3 Å². The van der Waals surface area contributed by atoms with E-state index in [0.29, 0.717) is 24.6 Å². The SMILES string of the molecule is O=C(NCC1CCCO1)c1cc(NCc2ccco2)ncn1. The molecule has 0 bridgehead atoms. The summed E-state index contributed by atoms with van der Waals surface area (Å²) in [4.78, 5) is 20.2. The second kappa shape index (κ2) is 7.04. The van der Waals surface area contributed by atoms with E-state index in [0.717, 1.165) is 25.2 Å². The molecule has 1 fully saturated rings. The highest BCUT2D eigenvalue weighted by atomic mass is 16.5. The molecule has 0 spiro atoms. The lowest BCUT2D eigenvalue weighted by Gasteiger charge is -2.10. The Kier molecular flexibility index (Phi) is 4.65. The molecule has 1 atom stereocenters. The number of carbonyl (C=O) groups excluding carboxylic acids is 1. The van der Waals surface area contributed by atoms with Crippen LogP contribution in [0.25, 0.3) is 0 Å². The van der Waals surface area contributed by atoms with E-state index in [4.69, 9.17) is 9.15 Å². The zero-order chi connectivity index (χ0) is 15.2. The Labute approximate surface area is 128 Å². The summed E-state index contributed by atoms with van der Waals surface area (Å²) in [5.74, 6) is 1.15. The molecule has 116 valence electrons. The first-order chi connectivity index (χ1) is 10.8. The minimum absolute atomic E-state index is 0.113. The van der Waals surface area contributed by atoms with Crippen LogP contribution in [0.1, 0.15) is 29.1 Å². The molecule has 0 radical (unpaired) electrons. The van der Waals surface area contributed by atoms with Crippen molar-refractivity contribution in [2.45, 2.75) is 25.5 Å². The number of amides is 1. The van der Waals surface area contributed by atoms with E-state index < -0.39 is 0 Å². The smallest absolute Gasteiger partial charge is 0.270 e. The zero-order valence-corrected chi connectivity index (χ0v) is 12.1. The molecule has 3 rings (SSSR count). The number of carbonyl (C=O) groups is 1. The third kappa shape index (κ3) is 3.82. The highest BCUT2D eigenvalue weighted by molar-refractivity contribution is 5.92. The lowest BCUT2D eigenvalue weighted by atomic mass is 10.2. The minimum Gasteiger partial charge on any atom is -0.467 e. The average molecular weight is 302 g/mol. The van der Waals surface area contributed by atoms with Crippen LogP contribution < -0.4 is 10.6 Å². The van der Waals surface area contributed by atoms with Gasteiger partial charge in [0.25, 0.3) is 5.91 Å². The number of rotatable bonds is 6. The lowest BCUT2D eigenvalue weighted by molar-refractivity contribution is 0.0853. The molecule has 7 nitrogen and oxygen atoms in total. The molecule has 1 unspecified atom stereocenters. The van der Waals surface area contributed by atoms with Crippen LogP contribution in [0.3, 0.4) is 0 Å². The Bertz CT molecular complexity index is 609. The number of ether oxygens (including phenoxy) is 1. The zero-order valence-electron chi connectivity index (χ0n) is 12.1. The van der Waals surface area contributed by atoms with Gasteiger partial charge in [-0.05, 0) is 25.0 Å². The number of furan rings is 1. The van der Waals surface area contributed by atoms with Crippen molar-refractivity contribution in [3.05, 3.63) is 42.2 Å². The first-order valence-electron chi connectivity index (χ1n) is 7.29.